The summed E-state index contributed by atoms with van der Waals surface area (Å²) in [4.78, 5) is 14.4. The number of carbonyl (C=O) groups excluding carboxylic acids is 1. The molecule has 12 nitrogen and oxygen atoms in total. The number of esters is 1. The maximum absolute atomic E-state index is 12.7. The van der Waals surface area contributed by atoms with Crippen LogP contribution in [-0.4, -0.2) is 62.5 Å². The van der Waals surface area contributed by atoms with E-state index in [2.05, 4.69) is 15.5 Å². The van der Waals surface area contributed by atoms with Crippen LogP contribution in [0, 0.1) is 0 Å². The molecule has 0 spiro atoms. The fourth-order valence-corrected chi connectivity index (χ4v) is 3.46. The Kier molecular flexibility index (Phi) is 19.9. The lowest BCUT2D eigenvalue weighted by Gasteiger charge is -2.28. The second kappa shape index (κ2) is 20.7. The van der Waals surface area contributed by atoms with Gasteiger partial charge in [-0.15, -0.1) is 5.48 Å². The van der Waals surface area contributed by atoms with Crippen molar-refractivity contribution in [3.05, 3.63) is 10.4 Å². The van der Waals surface area contributed by atoms with E-state index in [-0.39, 0.29) is 13.2 Å². The highest BCUT2D eigenvalue weighted by molar-refractivity contribution is 7.33. The van der Waals surface area contributed by atoms with Crippen LogP contribution in [0.2, 0.25) is 0 Å². The minimum Gasteiger partial charge on any atom is -0.460 e. The van der Waals surface area contributed by atoms with E-state index in [4.69, 9.17) is 33.6 Å². The molecule has 0 aliphatic rings. The van der Waals surface area contributed by atoms with Crippen LogP contribution in [-0.2, 0) is 37.5 Å². The van der Waals surface area contributed by atoms with E-state index in [1.54, 1.807) is 6.92 Å². The first-order valence-electron chi connectivity index (χ1n) is 12.8. The zero-order chi connectivity index (χ0) is 27.4. The lowest BCUT2D eigenvalue weighted by atomic mass is 9.97. The molecular weight excluding hydrogens is 491 g/mol. The van der Waals surface area contributed by atoms with Crippen molar-refractivity contribution in [2.45, 2.75) is 117 Å². The van der Waals surface area contributed by atoms with Crippen molar-refractivity contribution in [2.75, 3.05) is 26.4 Å². The van der Waals surface area contributed by atoms with Crippen molar-refractivity contribution in [1.82, 2.24) is 5.48 Å². The predicted molar refractivity (Wildman–Crippen MR) is 136 cm³/mol. The van der Waals surface area contributed by atoms with Gasteiger partial charge in [0.25, 0.3) is 0 Å². The number of unbranched alkanes of at least 4 members (excludes halogenated alkanes) is 2. The van der Waals surface area contributed by atoms with E-state index in [1.807, 2.05) is 34.6 Å². The van der Waals surface area contributed by atoms with Crippen molar-refractivity contribution in [2.24, 2.45) is 5.11 Å². The molecule has 0 radical (unpaired) electrons. The molecule has 0 aromatic heterocycles. The molecule has 0 aliphatic heterocycles. The summed E-state index contributed by atoms with van der Waals surface area (Å²) in [5.41, 5.74) is 11.5. The SMILES string of the molecule is CCCCOCC(O[C@H](O[P+](=O)ONC(C)(CC)CC)[C@H](COCCCC)N=[N+]=[N-])[C@H](C)OC(C)=O. The van der Waals surface area contributed by atoms with Crippen molar-refractivity contribution in [3.8, 4) is 0 Å². The van der Waals surface area contributed by atoms with Gasteiger partial charge >= 0.3 is 14.2 Å². The van der Waals surface area contributed by atoms with Crippen LogP contribution in [0.5, 0.6) is 0 Å². The highest BCUT2D eigenvalue weighted by atomic mass is 31.1. The van der Waals surface area contributed by atoms with E-state index >= 15 is 0 Å². The number of hydrogen-bond donors (Lipinski definition) is 1. The van der Waals surface area contributed by atoms with Gasteiger partial charge in [-0.3, -0.25) is 4.79 Å². The summed E-state index contributed by atoms with van der Waals surface area (Å²) in [6.45, 7) is 13.9. The summed E-state index contributed by atoms with van der Waals surface area (Å²) in [7, 11) is -2.72. The number of rotatable bonds is 23. The second-order valence-corrected chi connectivity index (χ2v) is 9.62. The average molecular weight is 538 g/mol. The van der Waals surface area contributed by atoms with Gasteiger partial charge < -0.3 is 18.9 Å². The van der Waals surface area contributed by atoms with Crippen molar-refractivity contribution in [1.29, 1.82) is 0 Å². The smallest absolute Gasteiger partial charge is 0.460 e. The molecule has 0 aliphatic carbocycles. The van der Waals surface area contributed by atoms with Gasteiger partial charge in [-0.2, -0.15) is 0 Å². The summed E-state index contributed by atoms with van der Waals surface area (Å²) in [5.74, 6) is -0.492. The molecule has 0 bridgehead atoms. The standard InChI is InChI=1S/C23H46N4O8P/c1-8-12-14-30-16-20(25-27-24)22(34-36(29)35-26-23(7,10-3)11-4)33-21(17-31-15-13-9-2)18(5)32-19(6)28/h18,20-22,26H,8-17H2,1-7H3/q+1/t18-,20-,21?,22+/m0/s1. The fraction of sp³-hybridized carbons (Fsp3) is 0.957. The summed E-state index contributed by atoms with van der Waals surface area (Å²) in [6.07, 6.45) is 2.18. The van der Waals surface area contributed by atoms with Gasteiger partial charge in [-0.05, 0) is 49.7 Å². The minimum atomic E-state index is -2.72. The Bertz CT molecular complexity index is 662. The molecule has 0 saturated carbocycles. The third-order valence-electron chi connectivity index (χ3n) is 5.67. The molecule has 0 rings (SSSR count). The molecule has 0 saturated heterocycles. The number of azide groups is 1. The third kappa shape index (κ3) is 15.7. The maximum Gasteiger partial charge on any atom is 0.719 e. The molecule has 0 heterocycles. The number of nitrogens with one attached hydrogen (secondary N) is 1. The first-order valence-corrected chi connectivity index (χ1v) is 13.9. The van der Waals surface area contributed by atoms with Crippen LogP contribution in [0.25, 0.3) is 10.4 Å². The van der Waals surface area contributed by atoms with Crippen LogP contribution in [0.1, 0.15) is 87.0 Å². The van der Waals surface area contributed by atoms with Crippen LogP contribution in [0.15, 0.2) is 5.11 Å². The first-order chi connectivity index (χ1) is 17.2. The van der Waals surface area contributed by atoms with Gasteiger partial charge in [0.1, 0.15) is 18.2 Å². The Morgan fingerprint density at radius 2 is 1.67 bits per heavy atom. The molecule has 2 unspecified atom stereocenters. The molecule has 0 fully saturated rings. The monoisotopic (exact) mass is 537 g/mol. The molecule has 13 heteroatoms. The normalized spacial score (nSPS) is 15.5. The van der Waals surface area contributed by atoms with Gasteiger partial charge in [0.2, 0.25) is 6.29 Å². The summed E-state index contributed by atoms with van der Waals surface area (Å²) in [5, 5.41) is 3.75. The number of hydroxylamine groups is 1. The van der Waals surface area contributed by atoms with Gasteiger partial charge in [-0.1, -0.05) is 50.2 Å². The summed E-state index contributed by atoms with van der Waals surface area (Å²) >= 11 is 0. The summed E-state index contributed by atoms with van der Waals surface area (Å²) in [6, 6.07) is -0.985. The maximum atomic E-state index is 12.7. The molecule has 0 aromatic carbocycles. The predicted octanol–water partition coefficient (Wildman–Crippen LogP) is 5.74. The lowest BCUT2D eigenvalue weighted by Crippen LogP contribution is -2.43. The van der Waals surface area contributed by atoms with Gasteiger partial charge in [0.05, 0.1) is 13.2 Å². The van der Waals surface area contributed by atoms with Crippen LogP contribution >= 0.6 is 8.25 Å². The van der Waals surface area contributed by atoms with Crippen LogP contribution in [0.3, 0.4) is 0 Å². The van der Waals surface area contributed by atoms with Crippen molar-refractivity contribution >= 4 is 14.2 Å². The molecule has 36 heavy (non-hydrogen) atoms. The zero-order valence-corrected chi connectivity index (χ0v) is 23.8. The largest absolute Gasteiger partial charge is 0.719 e. The van der Waals surface area contributed by atoms with E-state index in [0.717, 1.165) is 38.5 Å². The van der Waals surface area contributed by atoms with E-state index < -0.39 is 44.3 Å². The summed E-state index contributed by atoms with van der Waals surface area (Å²) < 4.78 is 46.3. The quantitative estimate of drug-likeness (QED) is 0.0252. The Morgan fingerprint density at radius 1 is 1.08 bits per heavy atom. The van der Waals surface area contributed by atoms with Crippen molar-refractivity contribution < 1.29 is 37.5 Å². The van der Waals surface area contributed by atoms with Gasteiger partial charge in [0.15, 0.2) is 0 Å². The van der Waals surface area contributed by atoms with E-state index in [0.29, 0.717) is 13.2 Å². The fourth-order valence-electron chi connectivity index (χ4n) is 2.76. The molecule has 0 amide bonds. The molecule has 0 aromatic rings. The van der Waals surface area contributed by atoms with Gasteiger partial charge in [0, 0.05) is 35.2 Å². The number of nitrogens with zero attached hydrogens (tertiary/aromatic N) is 3. The van der Waals surface area contributed by atoms with Gasteiger partial charge in [-0.25, -0.2) is 0 Å². The first kappa shape index (κ1) is 34.6. The van der Waals surface area contributed by atoms with E-state index in [9.17, 15) is 9.36 Å². The number of carbonyl (C=O) groups is 1. The van der Waals surface area contributed by atoms with Crippen LogP contribution < -0.4 is 5.48 Å². The Hall–Kier alpha value is -1.36. The lowest BCUT2D eigenvalue weighted by molar-refractivity contribution is -0.194. The second-order valence-electron chi connectivity index (χ2n) is 8.78. The molecule has 1 N–H and O–H groups in total. The number of ether oxygens (including phenoxy) is 4. The topological polar surface area (TPSA) is 150 Å². The van der Waals surface area contributed by atoms with E-state index in [1.165, 1.54) is 6.92 Å². The average Bonchev–Trinajstić information content (AvgIpc) is 2.85. The highest BCUT2D eigenvalue weighted by Crippen LogP contribution is 2.30. The Morgan fingerprint density at radius 3 is 2.17 bits per heavy atom. The van der Waals surface area contributed by atoms with Crippen LogP contribution in [0.4, 0.5) is 0 Å². The zero-order valence-electron chi connectivity index (χ0n) is 22.9. The highest BCUT2D eigenvalue weighted by Gasteiger charge is 2.39. The molecule has 5 atom stereocenters. The molecular formula is C23H46N4O8P+. The van der Waals surface area contributed by atoms with Crippen molar-refractivity contribution in [3.63, 3.8) is 0 Å². The minimum absolute atomic E-state index is 0.0294. The Balaban J connectivity index is 5.70. The third-order valence-corrected chi connectivity index (χ3v) is 6.29. The Labute approximate surface area is 216 Å². The number of hydrogen-bond acceptors (Lipinski definition) is 10. The molecule has 210 valence electrons.